The van der Waals surface area contributed by atoms with Crippen LogP contribution < -0.4 is 11.1 Å². The summed E-state index contributed by atoms with van der Waals surface area (Å²) in [5.41, 5.74) is 11.5. The molecule has 0 fully saturated rings. The molecule has 0 saturated carbocycles. The second-order valence-electron chi connectivity index (χ2n) is 5.37. The molecule has 2 aromatic heterocycles. The maximum Gasteiger partial charge on any atom is 0.110 e. The monoisotopic (exact) mass is 334 g/mol. The van der Waals surface area contributed by atoms with Crippen molar-refractivity contribution in [3.63, 3.8) is 0 Å². The van der Waals surface area contributed by atoms with Crippen LogP contribution in [0.3, 0.4) is 0 Å². The van der Waals surface area contributed by atoms with Crippen LogP contribution in [-0.2, 0) is 0 Å². The van der Waals surface area contributed by atoms with E-state index in [1.165, 1.54) is 0 Å². The smallest absolute Gasteiger partial charge is 0.110 e. The van der Waals surface area contributed by atoms with Gasteiger partial charge >= 0.3 is 0 Å². The predicted molar refractivity (Wildman–Crippen MR) is 103 cm³/mol. The van der Waals surface area contributed by atoms with Crippen LogP contribution in [0.2, 0.25) is 0 Å². The first-order chi connectivity index (χ1) is 11.6. The summed E-state index contributed by atoms with van der Waals surface area (Å²) in [6.07, 6.45) is 5.33. The van der Waals surface area contributed by atoms with Crippen LogP contribution in [-0.4, -0.2) is 17.0 Å². The van der Waals surface area contributed by atoms with Crippen molar-refractivity contribution in [3.05, 3.63) is 77.2 Å². The molecular formula is C19H18N4S. The molecule has 4 N–H and O–H groups in total. The van der Waals surface area contributed by atoms with Crippen LogP contribution in [0, 0.1) is 4.51 Å². The Kier molecular flexibility index (Phi) is 4.44. The van der Waals surface area contributed by atoms with Crippen LogP contribution >= 0.6 is 12.2 Å². The van der Waals surface area contributed by atoms with Crippen LogP contribution in [0.15, 0.2) is 61.6 Å². The Morgan fingerprint density at radius 3 is 2.83 bits per heavy atom. The zero-order valence-corrected chi connectivity index (χ0v) is 14.2. The number of aromatic nitrogens is 2. The third kappa shape index (κ3) is 2.94. The van der Waals surface area contributed by atoms with Gasteiger partial charge in [-0.3, -0.25) is 4.98 Å². The summed E-state index contributed by atoms with van der Waals surface area (Å²) < 4.78 is 0.666. The van der Waals surface area contributed by atoms with E-state index in [1.807, 2.05) is 49.6 Å². The first kappa shape index (κ1) is 16.0. The zero-order valence-electron chi connectivity index (χ0n) is 13.3. The second kappa shape index (κ2) is 6.68. The fourth-order valence-corrected chi connectivity index (χ4v) is 3.00. The number of anilines is 2. The summed E-state index contributed by atoms with van der Waals surface area (Å²) in [4.78, 5) is 7.25. The van der Waals surface area contributed by atoms with Crippen molar-refractivity contribution in [1.29, 1.82) is 0 Å². The average Bonchev–Trinajstić information content (AvgIpc) is 2.62. The van der Waals surface area contributed by atoms with Crippen molar-refractivity contribution < 1.29 is 0 Å². The van der Waals surface area contributed by atoms with Gasteiger partial charge in [0.25, 0.3) is 0 Å². The number of hydrogen-bond donors (Lipinski definition) is 3. The molecule has 3 rings (SSSR count). The molecule has 0 aliphatic carbocycles. The quantitative estimate of drug-likeness (QED) is 0.615. The third-order valence-electron chi connectivity index (χ3n) is 3.89. The molecule has 0 aliphatic rings. The van der Waals surface area contributed by atoms with E-state index in [2.05, 4.69) is 21.9 Å². The van der Waals surface area contributed by atoms with Crippen molar-refractivity contribution in [2.75, 3.05) is 18.1 Å². The van der Waals surface area contributed by atoms with E-state index in [4.69, 9.17) is 18.0 Å². The molecule has 2 heterocycles. The maximum absolute atomic E-state index is 6.16. The lowest BCUT2D eigenvalue weighted by Crippen LogP contribution is -2.01. The van der Waals surface area contributed by atoms with Crippen LogP contribution in [0.5, 0.6) is 0 Å². The van der Waals surface area contributed by atoms with E-state index in [1.54, 1.807) is 12.4 Å². The van der Waals surface area contributed by atoms with Gasteiger partial charge in [-0.2, -0.15) is 0 Å². The molecular weight excluding hydrogens is 316 g/mol. The van der Waals surface area contributed by atoms with Gasteiger partial charge in [0.1, 0.15) is 5.82 Å². The van der Waals surface area contributed by atoms with Gasteiger partial charge in [-0.25, -0.2) is 0 Å². The van der Waals surface area contributed by atoms with Gasteiger partial charge in [0.05, 0.1) is 4.51 Å². The fourth-order valence-electron chi connectivity index (χ4n) is 2.59. The van der Waals surface area contributed by atoms with Crippen molar-refractivity contribution in [3.8, 4) is 11.1 Å². The Balaban J connectivity index is 2.14. The van der Waals surface area contributed by atoms with E-state index in [-0.39, 0.29) is 0 Å². The molecule has 1 aromatic carbocycles. The maximum atomic E-state index is 6.16. The number of nitrogens with one attached hydrogen (secondary N) is 2. The number of nitrogens with zero attached hydrogens (tertiary/aromatic N) is 1. The fraction of sp³-hybridized carbons (Fsp3) is 0.0526. The van der Waals surface area contributed by atoms with Gasteiger partial charge in [0.2, 0.25) is 0 Å². The Morgan fingerprint density at radius 1 is 1.29 bits per heavy atom. The number of pyridine rings is 2. The van der Waals surface area contributed by atoms with E-state index in [0.29, 0.717) is 10.3 Å². The first-order valence-electron chi connectivity index (χ1n) is 7.51. The molecule has 0 radical (unpaired) electrons. The van der Waals surface area contributed by atoms with Gasteiger partial charge in [-0.05, 0) is 29.3 Å². The Hall–Kier alpha value is -2.92. The first-order valence-corrected chi connectivity index (χ1v) is 7.91. The summed E-state index contributed by atoms with van der Waals surface area (Å²) >= 11 is 5.69. The highest BCUT2D eigenvalue weighted by atomic mass is 32.1. The number of rotatable bonds is 4. The summed E-state index contributed by atoms with van der Waals surface area (Å²) in [6, 6.07) is 11.8. The molecule has 5 heteroatoms. The number of nitrogens with two attached hydrogens (primary N) is 1. The highest BCUT2D eigenvalue weighted by Crippen LogP contribution is 2.32. The SMILES string of the molecule is C=C(c1cccc(NC)c1)c1c(N)[nH]cc(-c2cccnc2)c1=S. The number of H-pyrrole nitrogens is 1. The summed E-state index contributed by atoms with van der Waals surface area (Å²) in [6.45, 7) is 4.22. The normalized spacial score (nSPS) is 10.4. The molecule has 3 aromatic rings. The third-order valence-corrected chi connectivity index (χ3v) is 4.31. The lowest BCUT2D eigenvalue weighted by molar-refractivity contribution is 1.28. The molecule has 0 saturated heterocycles. The van der Waals surface area contributed by atoms with Gasteiger partial charge in [-0.1, -0.05) is 37.0 Å². The molecule has 0 amide bonds. The Morgan fingerprint density at radius 2 is 2.12 bits per heavy atom. The zero-order chi connectivity index (χ0) is 17.1. The number of aromatic amines is 1. The van der Waals surface area contributed by atoms with E-state index >= 15 is 0 Å². The minimum Gasteiger partial charge on any atom is -0.388 e. The van der Waals surface area contributed by atoms with E-state index in [9.17, 15) is 0 Å². The van der Waals surface area contributed by atoms with Gasteiger partial charge in [0, 0.05) is 48.0 Å². The largest absolute Gasteiger partial charge is 0.388 e. The molecule has 0 spiro atoms. The van der Waals surface area contributed by atoms with Crippen LogP contribution in [0.1, 0.15) is 11.1 Å². The van der Waals surface area contributed by atoms with E-state index < -0.39 is 0 Å². The van der Waals surface area contributed by atoms with Crippen molar-refractivity contribution in [1.82, 2.24) is 9.97 Å². The van der Waals surface area contributed by atoms with Crippen LogP contribution in [0.4, 0.5) is 11.5 Å². The molecule has 24 heavy (non-hydrogen) atoms. The average molecular weight is 334 g/mol. The molecule has 4 nitrogen and oxygen atoms in total. The van der Waals surface area contributed by atoms with E-state index in [0.717, 1.165) is 33.5 Å². The number of nitrogen functional groups attached to an aromatic ring is 1. The highest BCUT2D eigenvalue weighted by Gasteiger charge is 2.13. The van der Waals surface area contributed by atoms with Crippen LogP contribution in [0.25, 0.3) is 16.7 Å². The van der Waals surface area contributed by atoms with Gasteiger partial charge in [0.15, 0.2) is 0 Å². The van der Waals surface area contributed by atoms with Crippen molar-refractivity contribution in [2.45, 2.75) is 0 Å². The molecule has 120 valence electrons. The lowest BCUT2D eigenvalue weighted by Gasteiger charge is -2.13. The Labute approximate surface area is 146 Å². The summed E-state index contributed by atoms with van der Waals surface area (Å²) in [5.74, 6) is 0.507. The Bertz CT molecular complexity index is 945. The second-order valence-corrected chi connectivity index (χ2v) is 5.78. The number of hydrogen-bond acceptors (Lipinski definition) is 4. The molecule has 0 atom stereocenters. The van der Waals surface area contributed by atoms with Gasteiger partial charge in [-0.15, -0.1) is 0 Å². The standard InChI is InChI=1S/C19H18N4S/c1-12(13-5-3-7-15(9-13)21-2)17-18(24)16(11-23-19(17)20)14-6-4-8-22-10-14/h3-11,21H,1H2,2H3,(H3,20,23,24). The minimum absolute atomic E-state index is 0.507. The number of benzene rings is 1. The predicted octanol–water partition coefficient (Wildman–Crippen LogP) is 4.49. The topological polar surface area (TPSA) is 66.7 Å². The highest BCUT2D eigenvalue weighted by molar-refractivity contribution is 7.71. The minimum atomic E-state index is 0.507. The van der Waals surface area contributed by atoms with Gasteiger partial charge < -0.3 is 16.0 Å². The van der Waals surface area contributed by atoms with Crippen molar-refractivity contribution in [2.24, 2.45) is 0 Å². The molecule has 0 unspecified atom stereocenters. The summed E-state index contributed by atoms with van der Waals surface area (Å²) in [7, 11) is 1.88. The summed E-state index contributed by atoms with van der Waals surface area (Å²) in [5, 5.41) is 3.13. The lowest BCUT2D eigenvalue weighted by atomic mass is 9.97. The molecule has 0 aliphatic heterocycles. The van der Waals surface area contributed by atoms with Crippen molar-refractivity contribution >= 4 is 29.3 Å². The molecule has 0 bridgehead atoms.